The number of carbonyl (C=O) groups is 3. The van der Waals surface area contributed by atoms with Crippen molar-refractivity contribution in [1.82, 2.24) is 20.0 Å². The number of nitrogens with one attached hydrogen (secondary N) is 1. The zero-order valence-corrected chi connectivity index (χ0v) is 22.4. The second kappa shape index (κ2) is 9.30. The summed E-state index contributed by atoms with van der Waals surface area (Å²) in [6.07, 6.45) is 11.1. The van der Waals surface area contributed by atoms with Gasteiger partial charge >= 0.3 is 0 Å². The number of anilines is 1. The van der Waals surface area contributed by atoms with E-state index in [1.165, 1.54) is 30.7 Å². The minimum absolute atomic E-state index is 0.0268. The molecule has 1 atom stereocenters. The van der Waals surface area contributed by atoms with Crippen LogP contribution >= 0.6 is 0 Å². The van der Waals surface area contributed by atoms with Crippen LogP contribution in [0.2, 0.25) is 0 Å². The maximum absolute atomic E-state index is 13.5. The summed E-state index contributed by atoms with van der Waals surface area (Å²) in [6, 6.07) is 7.99. The van der Waals surface area contributed by atoms with Crippen LogP contribution in [0.3, 0.4) is 0 Å². The summed E-state index contributed by atoms with van der Waals surface area (Å²) in [5, 5.41) is 8.69. The van der Waals surface area contributed by atoms with Crippen LogP contribution in [0.25, 0.3) is 10.8 Å². The third kappa shape index (κ3) is 4.25. The Morgan fingerprint density at radius 1 is 1.10 bits per heavy atom. The van der Waals surface area contributed by atoms with Crippen molar-refractivity contribution in [3.63, 3.8) is 0 Å². The molecule has 0 radical (unpaired) electrons. The third-order valence-corrected chi connectivity index (χ3v) is 9.30. The molecule has 3 amide bonds. The Kier molecular flexibility index (Phi) is 5.57. The fourth-order valence-electron chi connectivity index (χ4n) is 6.99. The first-order valence-corrected chi connectivity index (χ1v) is 14.2. The van der Waals surface area contributed by atoms with Gasteiger partial charge in [-0.25, -0.2) is 0 Å². The van der Waals surface area contributed by atoms with E-state index in [9.17, 15) is 14.4 Å². The van der Waals surface area contributed by atoms with Gasteiger partial charge in [0.1, 0.15) is 6.02 Å². The predicted molar refractivity (Wildman–Crippen MR) is 149 cm³/mol. The Bertz CT molecular complexity index is 1540. The fraction of sp³-hybridized carbons (Fsp3) is 0.484. The van der Waals surface area contributed by atoms with Crippen molar-refractivity contribution < 1.29 is 15.8 Å². The summed E-state index contributed by atoms with van der Waals surface area (Å²) in [7, 11) is 0. The van der Waals surface area contributed by atoms with E-state index in [0.29, 0.717) is 29.1 Å². The second-order valence-electron chi connectivity index (χ2n) is 12.1. The maximum atomic E-state index is 13.5. The minimum atomic E-state index is -1.86. The van der Waals surface area contributed by atoms with Crippen LogP contribution in [-0.4, -0.2) is 58.1 Å². The molecule has 0 spiro atoms. The molecule has 0 unspecified atom stereocenters. The highest BCUT2D eigenvalue weighted by Gasteiger charge is 2.41. The molecule has 2 saturated heterocycles. The molecule has 39 heavy (non-hydrogen) atoms. The van der Waals surface area contributed by atoms with Crippen molar-refractivity contribution in [2.75, 3.05) is 24.5 Å². The summed E-state index contributed by atoms with van der Waals surface area (Å²) in [5.74, 6) is -1.54. The molecule has 0 bridgehead atoms. The van der Waals surface area contributed by atoms with Gasteiger partial charge in [-0.1, -0.05) is 31.5 Å². The van der Waals surface area contributed by atoms with Crippen LogP contribution < -0.4 is 10.2 Å². The number of aromatic nitrogens is 2. The highest BCUT2D eigenvalue weighted by molar-refractivity contribution is 6.27. The molecule has 1 saturated carbocycles. The summed E-state index contributed by atoms with van der Waals surface area (Å²) < 4.78 is 11.0. The number of carbonyl (C=O) groups excluding carboxylic acids is 3. The fourth-order valence-corrected chi connectivity index (χ4v) is 6.99. The molecular weight excluding hydrogens is 490 g/mol. The Hall–Kier alpha value is -3.52. The van der Waals surface area contributed by atoms with E-state index in [-0.39, 0.29) is 18.7 Å². The highest BCUT2D eigenvalue weighted by atomic mass is 16.2. The molecule has 202 valence electrons. The quantitative estimate of drug-likeness (QED) is 0.486. The topological polar surface area (TPSA) is 87.5 Å². The summed E-state index contributed by atoms with van der Waals surface area (Å²) >= 11 is 0. The lowest BCUT2D eigenvalue weighted by Gasteiger charge is -2.44. The molecule has 1 aliphatic carbocycles. The zero-order chi connectivity index (χ0) is 27.6. The number of nitrogens with zero attached hydrogens (tertiary/aromatic N) is 4. The molecule has 1 N–H and O–H groups in total. The molecule has 4 aliphatic rings. The molecular formula is C31H35N5O3. The van der Waals surface area contributed by atoms with Crippen LogP contribution in [0, 0.1) is 5.41 Å². The van der Waals surface area contributed by atoms with Gasteiger partial charge in [-0.2, -0.15) is 5.10 Å². The monoisotopic (exact) mass is 526 g/mol. The van der Waals surface area contributed by atoms with Gasteiger partial charge in [-0.05, 0) is 66.2 Å². The van der Waals surface area contributed by atoms with E-state index in [4.69, 9.17) is 6.47 Å². The van der Waals surface area contributed by atoms with Crippen molar-refractivity contribution in [3.05, 3.63) is 59.4 Å². The van der Waals surface area contributed by atoms with Crippen molar-refractivity contribution >= 4 is 34.2 Å². The smallest absolute Gasteiger partial charge is 0.259 e. The normalized spacial score (nSPS) is 25.6. The molecule has 2 aromatic carbocycles. The first-order valence-electron chi connectivity index (χ1n) is 14.7. The molecule has 3 fully saturated rings. The highest BCUT2D eigenvalue weighted by Crippen LogP contribution is 2.42. The number of rotatable bonds is 6. The van der Waals surface area contributed by atoms with Gasteiger partial charge in [0.25, 0.3) is 5.91 Å². The Morgan fingerprint density at radius 2 is 1.92 bits per heavy atom. The summed E-state index contributed by atoms with van der Waals surface area (Å²) in [5.41, 5.74) is 3.76. The van der Waals surface area contributed by atoms with Crippen LogP contribution in [0.1, 0.15) is 80.8 Å². The molecule has 7 rings (SSSR count). The van der Waals surface area contributed by atoms with Crippen LogP contribution in [0.15, 0.2) is 42.7 Å². The van der Waals surface area contributed by atoms with Gasteiger partial charge in [0, 0.05) is 49.6 Å². The molecule has 3 aromatic rings. The van der Waals surface area contributed by atoms with Gasteiger partial charge in [0.05, 0.1) is 19.3 Å². The number of likely N-dealkylation sites (tertiary alicyclic amines) is 1. The lowest BCUT2D eigenvalue weighted by Crippen LogP contribution is -2.53. The first kappa shape index (κ1) is 23.4. The van der Waals surface area contributed by atoms with E-state index in [1.54, 1.807) is 6.07 Å². The molecule has 4 heterocycles. The molecule has 3 aliphatic heterocycles. The molecule has 8 heteroatoms. The standard InChI is InChI=1S/C31H35N5O3/c1-31(12-3-13-31)19-34-14-10-22(11-15-34)35-18-20(17-32-35)16-21-6-7-25-28-23(21)4-2-5-24(28)30(39)36(25)26-8-9-27(37)33-29(26)38/h2,4-7,17-18,22,26H,3,8-16,19H2,1H3,(H,33,37,38)/t26-/m1/s1/i26D. The lowest BCUT2D eigenvalue weighted by atomic mass is 9.70. The Morgan fingerprint density at radius 3 is 2.67 bits per heavy atom. The Labute approximate surface area is 229 Å². The van der Waals surface area contributed by atoms with Gasteiger partial charge in [-0.3, -0.25) is 29.3 Å². The van der Waals surface area contributed by atoms with E-state index in [1.807, 2.05) is 30.5 Å². The van der Waals surface area contributed by atoms with Crippen molar-refractivity contribution in [3.8, 4) is 0 Å². The van der Waals surface area contributed by atoms with Gasteiger partial charge in [0.15, 0.2) is 0 Å². The SMILES string of the molecule is [2H][C@@]1(N2C(=O)c3cccc4c(Cc5cnn(C6CCN(CC7(C)CCC7)CC6)c5)ccc2c34)CCC(=O)NC1=O. The number of hydrogen-bond donors (Lipinski definition) is 1. The largest absolute Gasteiger partial charge is 0.303 e. The van der Waals surface area contributed by atoms with Gasteiger partial charge in [-0.15, -0.1) is 0 Å². The number of imide groups is 1. The lowest BCUT2D eigenvalue weighted by molar-refractivity contribution is -0.134. The van der Waals surface area contributed by atoms with Crippen LogP contribution in [-0.2, 0) is 16.0 Å². The van der Waals surface area contributed by atoms with Crippen LogP contribution in [0.4, 0.5) is 5.69 Å². The van der Waals surface area contributed by atoms with Gasteiger partial charge < -0.3 is 4.90 Å². The molecule has 8 nitrogen and oxygen atoms in total. The van der Waals surface area contributed by atoms with Crippen LogP contribution in [0.5, 0.6) is 0 Å². The van der Waals surface area contributed by atoms with E-state index in [2.05, 4.69) is 28.0 Å². The summed E-state index contributed by atoms with van der Waals surface area (Å²) in [6.45, 7) is 5.89. The number of amides is 3. The van der Waals surface area contributed by atoms with E-state index >= 15 is 0 Å². The van der Waals surface area contributed by atoms with Crippen molar-refractivity contribution in [2.24, 2.45) is 5.41 Å². The number of hydrogen-bond acceptors (Lipinski definition) is 5. The van der Waals surface area contributed by atoms with Crippen molar-refractivity contribution in [2.45, 2.75) is 70.4 Å². The van der Waals surface area contributed by atoms with Crippen molar-refractivity contribution in [1.29, 1.82) is 0 Å². The zero-order valence-electron chi connectivity index (χ0n) is 23.4. The average molecular weight is 527 g/mol. The second-order valence-corrected chi connectivity index (χ2v) is 12.1. The maximum Gasteiger partial charge on any atom is 0.259 e. The van der Waals surface area contributed by atoms with Gasteiger partial charge in [0.2, 0.25) is 11.8 Å². The predicted octanol–water partition coefficient (Wildman–Crippen LogP) is 4.22. The Balaban J connectivity index is 1.11. The van der Waals surface area contributed by atoms with E-state index < -0.39 is 17.8 Å². The first-order chi connectivity index (χ1) is 19.2. The molecule has 1 aromatic heterocycles. The summed E-state index contributed by atoms with van der Waals surface area (Å²) in [4.78, 5) is 41.9. The number of benzene rings is 2. The average Bonchev–Trinajstić information content (AvgIpc) is 3.51. The number of piperidine rings is 2. The minimum Gasteiger partial charge on any atom is -0.303 e. The third-order valence-electron chi connectivity index (χ3n) is 9.30. The van der Waals surface area contributed by atoms with E-state index in [0.717, 1.165) is 47.8 Å².